The molecule has 1 N–H and O–H groups in total. The van der Waals surface area contributed by atoms with Gasteiger partial charge in [0, 0.05) is 12.1 Å². The number of likely N-dealkylation sites (N-methyl/N-ethyl adjacent to an activating group) is 1. The van der Waals surface area contributed by atoms with Crippen molar-refractivity contribution >= 4 is 74.1 Å². The number of nitrogens with one attached hydrogen (secondary N) is 1. The number of hydrogen-bond donors (Lipinski definition) is 1. The Kier molecular flexibility index (Phi) is 8.06. The average Bonchev–Trinajstić information content (AvgIpc) is 2.62. The minimum atomic E-state index is -1.14. The summed E-state index contributed by atoms with van der Waals surface area (Å²) >= 11 is 26.7. The van der Waals surface area contributed by atoms with Crippen LogP contribution in [0.5, 0.6) is 5.75 Å². The average molecular weight is 517 g/mol. The monoisotopic (exact) mass is 514 g/mol. The Bertz CT molecular complexity index is 878. The smallest absolute Gasteiger partial charge is 0.324 e. The first-order chi connectivity index (χ1) is 12.7. The van der Waals surface area contributed by atoms with Gasteiger partial charge in [-0.3, -0.25) is 4.90 Å². The second-order valence-electron chi connectivity index (χ2n) is 5.17. The van der Waals surface area contributed by atoms with Crippen LogP contribution in [0.3, 0.4) is 0 Å². The molecule has 2 amide bonds. The molecule has 27 heavy (non-hydrogen) atoms. The van der Waals surface area contributed by atoms with Crippen LogP contribution in [0.1, 0.15) is 0 Å². The first kappa shape index (κ1) is 22.1. The first-order valence-electron chi connectivity index (χ1n) is 7.31. The lowest BCUT2D eigenvalue weighted by Crippen LogP contribution is -2.43. The highest BCUT2D eigenvalue weighted by molar-refractivity contribution is 9.11. The molecule has 10 heteroatoms. The summed E-state index contributed by atoms with van der Waals surface area (Å²) in [6.07, 6.45) is -1.14. The van der Waals surface area contributed by atoms with Gasteiger partial charge in [-0.05, 0) is 46.3 Å². The van der Waals surface area contributed by atoms with Gasteiger partial charge in [0.1, 0.15) is 4.49 Å². The van der Waals surface area contributed by atoms with Crippen LogP contribution in [0.2, 0.25) is 10.0 Å². The molecular weight excluding hydrogens is 505 g/mol. The largest absolute Gasteiger partial charge is 0.462 e. The van der Waals surface area contributed by atoms with Crippen molar-refractivity contribution in [1.82, 2.24) is 4.90 Å². The maximum atomic E-state index is 13.9. The van der Waals surface area contributed by atoms with Gasteiger partial charge in [-0.2, -0.15) is 0 Å². The number of carbonyl (C=O) groups is 1. The molecule has 0 radical (unpaired) electrons. The van der Waals surface area contributed by atoms with Gasteiger partial charge in [0.05, 0.1) is 15.2 Å². The van der Waals surface area contributed by atoms with E-state index in [4.69, 9.17) is 51.1 Å². The van der Waals surface area contributed by atoms with E-state index in [9.17, 15) is 9.18 Å². The summed E-state index contributed by atoms with van der Waals surface area (Å²) in [6.45, 7) is 0. The minimum absolute atomic E-state index is 0.0850. The molecular formula is C17H12BrCl4FN2O2. The number of hydrogen-bond acceptors (Lipinski definition) is 2. The van der Waals surface area contributed by atoms with Crippen LogP contribution in [-0.2, 0) is 0 Å². The lowest BCUT2D eigenvalue weighted by atomic mass is 10.3. The molecule has 1 unspecified atom stereocenters. The molecule has 0 heterocycles. The molecule has 0 aromatic heterocycles. The molecule has 0 spiro atoms. The summed E-state index contributed by atoms with van der Waals surface area (Å²) in [7, 11) is 1.42. The fraction of sp³-hybridized carbons (Fsp3) is 0.118. The summed E-state index contributed by atoms with van der Waals surface area (Å²) in [5, 5.41) is 3.28. The standard InChI is InChI=1S/C17H12BrCl4FN2O2/c1-25(17(26)24-12-7-6-9(19)8-10(12)20)16(14(18)15(21)22)27-13-5-3-2-4-11(13)23/h2-8,16H,1H3,(H,24,26). The maximum Gasteiger partial charge on any atom is 0.324 e. The van der Waals surface area contributed by atoms with Crippen molar-refractivity contribution in [3.8, 4) is 5.75 Å². The third-order valence-corrected chi connectivity index (χ3v) is 5.52. The van der Waals surface area contributed by atoms with Gasteiger partial charge < -0.3 is 10.1 Å². The van der Waals surface area contributed by atoms with Gasteiger partial charge in [0.15, 0.2) is 11.6 Å². The van der Waals surface area contributed by atoms with Crippen molar-refractivity contribution in [1.29, 1.82) is 0 Å². The molecule has 0 aliphatic heterocycles. The van der Waals surface area contributed by atoms with Crippen LogP contribution in [0.25, 0.3) is 0 Å². The summed E-state index contributed by atoms with van der Waals surface area (Å²) in [5.74, 6) is -0.693. The first-order valence-corrected chi connectivity index (χ1v) is 9.62. The Labute approximate surface area is 183 Å². The topological polar surface area (TPSA) is 41.6 Å². The number of anilines is 1. The number of benzene rings is 2. The molecule has 2 aromatic carbocycles. The number of ether oxygens (including phenoxy) is 1. The predicted molar refractivity (Wildman–Crippen MR) is 112 cm³/mol. The van der Waals surface area contributed by atoms with Crippen molar-refractivity contribution in [2.24, 2.45) is 0 Å². The second kappa shape index (κ2) is 9.85. The lowest BCUT2D eigenvalue weighted by Gasteiger charge is -2.29. The van der Waals surface area contributed by atoms with Gasteiger partial charge >= 0.3 is 6.03 Å². The molecule has 0 fully saturated rings. The van der Waals surface area contributed by atoms with Gasteiger partial charge in [0.25, 0.3) is 0 Å². The van der Waals surface area contributed by atoms with Crippen molar-refractivity contribution in [2.75, 3.05) is 12.4 Å². The highest BCUT2D eigenvalue weighted by Gasteiger charge is 2.27. The molecule has 144 valence electrons. The normalized spacial score (nSPS) is 11.5. The lowest BCUT2D eigenvalue weighted by molar-refractivity contribution is 0.104. The molecule has 1 atom stereocenters. The van der Waals surface area contributed by atoms with Gasteiger partial charge in [0.2, 0.25) is 6.23 Å². The van der Waals surface area contributed by atoms with Crippen LogP contribution in [0, 0.1) is 5.82 Å². The molecule has 0 bridgehead atoms. The van der Waals surface area contributed by atoms with Crippen LogP contribution in [0.4, 0.5) is 14.9 Å². The van der Waals surface area contributed by atoms with Gasteiger partial charge in [-0.15, -0.1) is 0 Å². The van der Waals surface area contributed by atoms with E-state index in [1.54, 1.807) is 18.2 Å². The number of halogens is 6. The van der Waals surface area contributed by atoms with E-state index in [0.717, 1.165) is 4.90 Å². The minimum Gasteiger partial charge on any atom is -0.462 e. The van der Waals surface area contributed by atoms with Crippen LogP contribution < -0.4 is 10.1 Å². The Balaban J connectivity index is 2.27. The zero-order valence-electron chi connectivity index (χ0n) is 13.7. The van der Waals surface area contributed by atoms with Crippen LogP contribution >= 0.6 is 62.3 Å². The quantitative estimate of drug-likeness (QED) is 0.433. The SMILES string of the molecule is CN(C(=O)Nc1ccc(Cl)cc1Cl)C(Oc1ccccc1F)C(Br)=C(Cl)Cl. The summed E-state index contributed by atoms with van der Waals surface area (Å²) in [4.78, 5) is 13.7. The van der Waals surface area contributed by atoms with Crippen molar-refractivity contribution < 1.29 is 13.9 Å². The molecule has 0 saturated heterocycles. The van der Waals surface area contributed by atoms with E-state index in [1.165, 1.54) is 31.3 Å². The number of para-hydroxylation sites is 1. The summed E-state index contributed by atoms with van der Waals surface area (Å²) < 4.78 is 19.5. The Morgan fingerprint density at radius 3 is 2.48 bits per heavy atom. The third-order valence-electron chi connectivity index (χ3n) is 3.32. The van der Waals surface area contributed by atoms with Crippen molar-refractivity contribution in [3.63, 3.8) is 0 Å². The Morgan fingerprint density at radius 1 is 1.22 bits per heavy atom. The number of urea groups is 1. The number of rotatable bonds is 5. The highest BCUT2D eigenvalue weighted by atomic mass is 79.9. The summed E-state index contributed by atoms with van der Waals surface area (Å²) in [5.41, 5.74) is 0.333. The fourth-order valence-corrected chi connectivity index (χ4v) is 3.00. The van der Waals surface area contributed by atoms with E-state index in [2.05, 4.69) is 21.2 Å². The van der Waals surface area contributed by atoms with Gasteiger partial charge in [-0.25, -0.2) is 9.18 Å². The Morgan fingerprint density at radius 2 is 1.89 bits per heavy atom. The van der Waals surface area contributed by atoms with Gasteiger partial charge in [-0.1, -0.05) is 58.5 Å². The van der Waals surface area contributed by atoms with Crippen LogP contribution in [0.15, 0.2) is 51.4 Å². The second-order valence-corrected chi connectivity index (χ2v) is 7.82. The molecule has 0 saturated carbocycles. The van der Waals surface area contributed by atoms with E-state index in [1.807, 2.05) is 0 Å². The molecule has 2 aromatic rings. The molecule has 4 nitrogen and oxygen atoms in total. The van der Waals surface area contributed by atoms with E-state index >= 15 is 0 Å². The van der Waals surface area contributed by atoms with Crippen LogP contribution in [-0.4, -0.2) is 24.2 Å². The predicted octanol–water partition coefficient (Wildman–Crippen LogP) is 7.04. The summed E-state index contributed by atoms with van der Waals surface area (Å²) in [6, 6.07) is 9.72. The number of carbonyl (C=O) groups excluding carboxylic acids is 1. The van der Waals surface area contributed by atoms with E-state index < -0.39 is 18.1 Å². The number of amides is 2. The molecule has 0 aliphatic carbocycles. The molecule has 0 aliphatic rings. The fourth-order valence-electron chi connectivity index (χ4n) is 1.96. The third kappa shape index (κ3) is 5.90. The number of nitrogens with zero attached hydrogens (tertiary/aromatic N) is 1. The maximum absolute atomic E-state index is 13.9. The zero-order chi connectivity index (χ0) is 20.1. The van der Waals surface area contributed by atoms with Crippen molar-refractivity contribution in [3.05, 3.63) is 67.3 Å². The zero-order valence-corrected chi connectivity index (χ0v) is 18.3. The highest BCUT2D eigenvalue weighted by Crippen LogP contribution is 2.30. The Hall–Kier alpha value is -1.18. The van der Waals surface area contributed by atoms with E-state index in [0.29, 0.717) is 10.7 Å². The van der Waals surface area contributed by atoms with E-state index in [-0.39, 0.29) is 19.7 Å². The molecule has 2 rings (SSSR count). The van der Waals surface area contributed by atoms with Crippen molar-refractivity contribution in [2.45, 2.75) is 6.23 Å².